The van der Waals surface area contributed by atoms with Crippen molar-refractivity contribution in [3.63, 3.8) is 0 Å². The highest BCUT2D eigenvalue weighted by atomic mass is 32.2. The first kappa shape index (κ1) is 11.4. The molecule has 3 nitrogen and oxygen atoms in total. The van der Waals surface area contributed by atoms with E-state index in [2.05, 4.69) is 24.3 Å². The van der Waals surface area contributed by atoms with Crippen LogP contribution in [0.15, 0.2) is 35.5 Å². The van der Waals surface area contributed by atoms with Crippen LogP contribution in [-0.4, -0.2) is 26.2 Å². The summed E-state index contributed by atoms with van der Waals surface area (Å²) in [7, 11) is 0. The summed E-state index contributed by atoms with van der Waals surface area (Å²) in [4.78, 5) is 0. The number of hydrogen-bond acceptors (Lipinski definition) is 1. The molecule has 1 atom stereocenters. The third-order valence-corrected chi connectivity index (χ3v) is 4.99. The first-order valence-electron chi connectivity index (χ1n) is 6.17. The largest absolute Gasteiger partial charge is 0.294 e. The van der Waals surface area contributed by atoms with Crippen molar-refractivity contribution in [2.24, 2.45) is 5.41 Å². The zero-order valence-electron chi connectivity index (χ0n) is 9.76. The summed E-state index contributed by atoms with van der Waals surface area (Å²) in [6, 6.07) is 0. The summed E-state index contributed by atoms with van der Waals surface area (Å²) in [5, 5.41) is 0. The molecular formula is C13H17NO2S. The lowest BCUT2D eigenvalue weighted by Crippen LogP contribution is -2.40. The Balaban J connectivity index is 1.82. The lowest BCUT2D eigenvalue weighted by atomic mass is 9.73. The number of piperidine rings is 1. The first-order chi connectivity index (χ1) is 8.21. The molecule has 1 fully saturated rings. The number of hydrogen-bond donors (Lipinski definition) is 1. The molecule has 1 heterocycles. The number of allylic oxidation sites excluding steroid dienone is 6. The van der Waals surface area contributed by atoms with E-state index in [9.17, 15) is 4.21 Å². The van der Waals surface area contributed by atoms with Gasteiger partial charge in [0.25, 0.3) is 0 Å². The molecule has 0 amide bonds. The molecule has 92 valence electrons. The average Bonchev–Trinajstić information content (AvgIpc) is 2.70. The Morgan fingerprint density at radius 3 is 2.76 bits per heavy atom. The van der Waals surface area contributed by atoms with E-state index in [0.29, 0.717) is 13.1 Å². The normalized spacial score (nSPS) is 28.8. The summed E-state index contributed by atoms with van der Waals surface area (Å²) in [5.41, 5.74) is 3.10. The van der Waals surface area contributed by atoms with Crippen molar-refractivity contribution in [1.29, 1.82) is 0 Å². The zero-order chi connectivity index (χ0) is 11.9. The van der Waals surface area contributed by atoms with Crippen molar-refractivity contribution < 1.29 is 8.76 Å². The van der Waals surface area contributed by atoms with Gasteiger partial charge in [-0.15, -0.1) is 0 Å². The minimum atomic E-state index is -1.80. The standard InChI is InChI=1S/C13H17NO2S/c15-17(16)14-9-7-13(8-10-14)6-5-11-3-1-2-4-12(11)13/h2,4-6H,1,3,7-10H2,(H,15,16). The maximum Gasteiger partial charge on any atom is 0.234 e. The molecule has 1 N–H and O–H groups in total. The Kier molecular flexibility index (Phi) is 2.81. The second-order valence-electron chi connectivity index (χ2n) is 5.03. The molecule has 17 heavy (non-hydrogen) atoms. The molecule has 0 saturated carbocycles. The fraction of sp³-hybridized carbons (Fsp3) is 0.538. The van der Waals surface area contributed by atoms with E-state index in [4.69, 9.17) is 4.55 Å². The lowest BCUT2D eigenvalue weighted by Gasteiger charge is -2.38. The van der Waals surface area contributed by atoms with Crippen LogP contribution in [0.2, 0.25) is 0 Å². The van der Waals surface area contributed by atoms with Crippen LogP contribution in [0.3, 0.4) is 0 Å². The van der Waals surface area contributed by atoms with E-state index in [1.165, 1.54) is 11.1 Å². The fourth-order valence-corrected chi connectivity index (χ4v) is 3.66. The van der Waals surface area contributed by atoms with Crippen molar-refractivity contribution in [2.75, 3.05) is 13.1 Å². The van der Waals surface area contributed by atoms with E-state index in [-0.39, 0.29) is 5.41 Å². The van der Waals surface area contributed by atoms with Gasteiger partial charge in [-0.2, -0.15) is 0 Å². The summed E-state index contributed by atoms with van der Waals surface area (Å²) in [5.74, 6) is 0. The second-order valence-corrected chi connectivity index (χ2v) is 6.01. The molecule has 2 aliphatic carbocycles. The summed E-state index contributed by atoms with van der Waals surface area (Å²) < 4.78 is 21.8. The molecule has 0 aromatic heterocycles. The SMILES string of the molecule is O=S(O)N1CCC2(C=CC3=C2C=CCC3)CC1. The third kappa shape index (κ3) is 1.84. The average molecular weight is 251 g/mol. The van der Waals surface area contributed by atoms with Crippen LogP contribution in [-0.2, 0) is 11.3 Å². The minimum absolute atomic E-state index is 0.155. The molecule has 1 unspecified atom stereocenters. The minimum Gasteiger partial charge on any atom is -0.294 e. The molecule has 3 rings (SSSR count). The van der Waals surface area contributed by atoms with Gasteiger partial charge in [-0.3, -0.25) is 4.55 Å². The Morgan fingerprint density at radius 1 is 1.29 bits per heavy atom. The van der Waals surface area contributed by atoms with E-state index in [1.54, 1.807) is 4.31 Å². The topological polar surface area (TPSA) is 40.5 Å². The molecule has 0 radical (unpaired) electrons. The van der Waals surface area contributed by atoms with Crippen molar-refractivity contribution in [1.82, 2.24) is 4.31 Å². The summed E-state index contributed by atoms with van der Waals surface area (Å²) in [6.45, 7) is 1.41. The maximum atomic E-state index is 11.0. The quantitative estimate of drug-likeness (QED) is 0.727. The predicted molar refractivity (Wildman–Crippen MR) is 68.6 cm³/mol. The molecule has 4 heteroatoms. The Hall–Kier alpha value is -0.710. The smallest absolute Gasteiger partial charge is 0.234 e. The Bertz CT molecular complexity index is 442. The Labute approximate surface area is 104 Å². The fourth-order valence-electron chi connectivity index (χ4n) is 3.17. The first-order valence-corrected chi connectivity index (χ1v) is 7.23. The summed E-state index contributed by atoms with van der Waals surface area (Å²) in [6.07, 6.45) is 13.3. The van der Waals surface area contributed by atoms with Gasteiger partial charge < -0.3 is 0 Å². The molecule has 0 bridgehead atoms. The van der Waals surface area contributed by atoms with Gasteiger partial charge in [0.15, 0.2) is 0 Å². The lowest BCUT2D eigenvalue weighted by molar-refractivity contribution is 0.242. The molecule has 1 saturated heterocycles. The molecular weight excluding hydrogens is 234 g/mol. The van der Waals surface area contributed by atoms with Gasteiger partial charge in [0, 0.05) is 18.5 Å². The van der Waals surface area contributed by atoms with Crippen LogP contribution >= 0.6 is 0 Å². The molecule has 3 aliphatic rings. The number of fused-ring (bicyclic) bond motifs is 1. The van der Waals surface area contributed by atoms with Crippen molar-refractivity contribution in [3.8, 4) is 0 Å². The van der Waals surface area contributed by atoms with Crippen LogP contribution in [0.1, 0.15) is 25.7 Å². The Morgan fingerprint density at radius 2 is 2.06 bits per heavy atom. The number of rotatable bonds is 1. The van der Waals surface area contributed by atoms with Gasteiger partial charge in [-0.05, 0) is 36.8 Å². The van der Waals surface area contributed by atoms with Crippen molar-refractivity contribution in [3.05, 3.63) is 35.5 Å². The van der Waals surface area contributed by atoms with Crippen molar-refractivity contribution in [2.45, 2.75) is 25.7 Å². The molecule has 0 aromatic carbocycles. The maximum absolute atomic E-state index is 11.0. The third-order valence-electron chi connectivity index (χ3n) is 4.19. The highest BCUT2D eigenvalue weighted by molar-refractivity contribution is 7.76. The van der Waals surface area contributed by atoms with Crippen LogP contribution in [0.25, 0.3) is 0 Å². The van der Waals surface area contributed by atoms with E-state index < -0.39 is 11.3 Å². The van der Waals surface area contributed by atoms with Crippen LogP contribution in [0.5, 0.6) is 0 Å². The van der Waals surface area contributed by atoms with Gasteiger partial charge in [0.2, 0.25) is 11.3 Å². The van der Waals surface area contributed by atoms with Crippen LogP contribution in [0, 0.1) is 5.41 Å². The highest BCUT2D eigenvalue weighted by Gasteiger charge is 2.39. The van der Waals surface area contributed by atoms with E-state index in [0.717, 1.165) is 25.7 Å². The zero-order valence-corrected chi connectivity index (χ0v) is 10.6. The monoisotopic (exact) mass is 251 g/mol. The number of nitrogens with zero attached hydrogens (tertiary/aromatic N) is 1. The van der Waals surface area contributed by atoms with E-state index in [1.807, 2.05) is 0 Å². The van der Waals surface area contributed by atoms with Gasteiger partial charge in [-0.1, -0.05) is 24.3 Å². The van der Waals surface area contributed by atoms with E-state index >= 15 is 0 Å². The molecule has 1 spiro atoms. The van der Waals surface area contributed by atoms with Gasteiger partial charge in [-0.25, -0.2) is 8.51 Å². The van der Waals surface area contributed by atoms with Gasteiger partial charge >= 0.3 is 0 Å². The molecule has 1 aliphatic heterocycles. The molecule has 0 aromatic rings. The summed E-state index contributed by atoms with van der Waals surface area (Å²) >= 11 is -1.80. The van der Waals surface area contributed by atoms with Crippen LogP contribution in [0.4, 0.5) is 0 Å². The highest BCUT2D eigenvalue weighted by Crippen LogP contribution is 2.48. The van der Waals surface area contributed by atoms with Crippen molar-refractivity contribution >= 4 is 11.3 Å². The second kappa shape index (κ2) is 4.19. The van der Waals surface area contributed by atoms with Gasteiger partial charge in [0.1, 0.15) is 0 Å². The van der Waals surface area contributed by atoms with Gasteiger partial charge in [0.05, 0.1) is 0 Å². The van der Waals surface area contributed by atoms with Crippen LogP contribution < -0.4 is 0 Å². The predicted octanol–water partition coefficient (Wildman–Crippen LogP) is 2.42.